The van der Waals surface area contributed by atoms with Gasteiger partial charge in [0.2, 0.25) is 0 Å². The largest absolute Gasteiger partial charge is 0.394 e. The van der Waals surface area contributed by atoms with E-state index in [-0.39, 0.29) is 0 Å². The minimum atomic E-state index is 0.512. The fourth-order valence-electron chi connectivity index (χ4n) is 2.69. The van der Waals surface area contributed by atoms with Gasteiger partial charge in [-0.1, -0.05) is 6.92 Å². The number of hydrogen-bond donors (Lipinski definition) is 2. The highest BCUT2D eigenvalue weighted by Gasteiger charge is 2.22. The number of nitrogens with two attached hydrogens (primary N) is 1. The number of anilines is 2. The van der Waals surface area contributed by atoms with Crippen LogP contribution in [0.25, 0.3) is 0 Å². The number of hydrogen-bond acceptors (Lipinski definition) is 5. The second-order valence-electron chi connectivity index (χ2n) is 5.85. The summed E-state index contributed by atoms with van der Waals surface area (Å²) >= 11 is 0. The van der Waals surface area contributed by atoms with E-state index in [4.69, 9.17) is 5.73 Å². The smallest absolute Gasteiger partial charge is 0.148 e. The standard InChI is InChI=1S/C14H28N6/c1-5-6-20-14(13(15)11(2)17-20)16-9-12-10-18(3)7-8-19(12)4/h12,16H,5-10,15H2,1-4H3. The third kappa shape index (κ3) is 3.24. The number of nitrogens with one attached hydrogen (secondary N) is 1. The summed E-state index contributed by atoms with van der Waals surface area (Å²) in [6.07, 6.45) is 1.06. The Morgan fingerprint density at radius 3 is 2.80 bits per heavy atom. The molecule has 0 saturated carbocycles. The molecule has 114 valence electrons. The quantitative estimate of drug-likeness (QED) is 0.837. The van der Waals surface area contributed by atoms with Crippen LogP contribution in [-0.4, -0.2) is 65.9 Å². The van der Waals surface area contributed by atoms with E-state index in [9.17, 15) is 0 Å². The monoisotopic (exact) mass is 280 g/mol. The van der Waals surface area contributed by atoms with Crippen molar-refractivity contribution in [2.75, 3.05) is 51.3 Å². The van der Waals surface area contributed by atoms with E-state index in [2.05, 4.69) is 41.2 Å². The topological polar surface area (TPSA) is 62.4 Å². The normalized spacial score (nSPS) is 21.3. The molecule has 1 aromatic rings. The van der Waals surface area contributed by atoms with Crippen molar-refractivity contribution < 1.29 is 0 Å². The van der Waals surface area contributed by atoms with Crippen LogP contribution in [0.4, 0.5) is 11.5 Å². The fraction of sp³-hybridized carbons (Fsp3) is 0.786. The lowest BCUT2D eigenvalue weighted by Gasteiger charge is -2.37. The van der Waals surface area contributed by atoms with Gasteiger partial charge in [-0.3, -0.25) is 4.90 Å². The second-order valence-corrected chi connectivity index (χ2v) is 5.85. The third-order valence-corrected chi connectivity index (χ3v) is 4.09. The van der Waals surface area contributed by atoms with Gasteiger partial charge in [-0.15, -0.1) is 0 Å². The Kier molecular flexibility index (Phi) is 4.88. The van der Waals surface area contributed by atoms with E-state index in [1.54, 1.807) is 0 Å². The first kappa shape index (κ1) is 15.1. The molecule has 2 rings (SSSR count). The molecule has 0 radical (unpaired) electrons. The van der Waals surface area contributed by atoms with Crippen molar-refractivity contribution in [2.45, 2.75) is 32.9 Å². The molecule has 6 nitrogen and oxygen atoms in total. The van der Waals surface area contributed by atoms with Crippen molar-refractivity contribution >= 4 is 11.5 Å². The Morgan fingerprint density at radius 1 is 1.35 bits per heavy atom. The number of aryl methyl sites for hydroxylation is 2. The van der Waals surface area contributed by atoms with E-state index >= 15 is 0 Å². The Labute approximate surface area is 121 Å². The van der Waals surface area contributed by atoms with Crippen LogP contribution < -0.4 is 11.1 Å². The van der Waals surface area contributed by atoms with Crippen LogP contribution >= 0.6 is 0 Å². The Morgan fingerprint density at radius 2 is 2.10 bits per heavy atom. The molecule has 0 aromatic carbocycles. The minimum Gasteiger partial charge on any atom is -0.394 e. The maximum absolute atomic E-state index is 6.14. The molecule has 20 heavy (non-hydrogen) atoms. The predicted molar refractivity (Wildman–Crippen MR) is 84.1 cm³/mol. The van der Waals surface area contributed by atoms with Gasteiger partial charge in [0.1, 0.15) is 5.82 Å². The average Bonchev–Trinajstić information content (AvgIpc) is 2.67. The number of nitrogen functional groups attached to an aromatic ring is 1. The van der Waals surface area contributed by atoms with Crippen LogP contribution in [0.3, 0.4) is 0 Å². The predicted octanol–water partition coefficient (Wildman–Crippen LogP) is 0.841. The first-order valence-electron chi connectivity index (χ1n) is 7.48. The second kappa shape index (κ2) is 6.45. The molecule has 1 unspecified atom stereocenters. The van der Waals surface area contributed by atoms with E-state index in [0.29, 0.717) is 6.04 Å². The number of rotatable bonds is 5. The summed E-state index contributed by atoms with van der Waals surface area (Å²) in [5.74, 6) is 0.978. The lowest BCUT2D eigenvalue weighted by atomic mass is 10.2. The fourth-order valence-corrected chi connectivity index (χ4v) is 2.69. The summed E-state index contributed by atoms with van der Waals surface area (Å²) in [6.45, 7) is 9.27. The molecule has 0 spiro atoms. The highest BCUT2D eigenvalue weighted by Crippen LogP contribution is 2.22. The van der Waals surface area contributed by atoms with Crippen LogP contribution in [0.5, 0.6) is 0 Å². The average molecular weight is 280 g/mol. The highest BCUT2D eigenvalue weighted by molar-refractivity contribution is 5.64. The summed E-state index contributed by atoms with van der Waals surface area (Å²) in [6, 6.07) is 0.512. The first-order valence-corrected chi connectivity index (χ1v) is 7.48. The zero-order valence-electron chi connectivity index (χ0n) is 13.2. The van der Waals surface area contributed by atoms with E-state index in [0.717, 1.165) is 56.3 Å². The molecule has 0 bridgehead atoms. The SMILES string of the molecule is CCCn1nc(C)c(N)c1NCC1CN(C)CCN1C. The minimum absolute atomic E-state index is 0.512. The van der Waals surface area contributed by atoms with Gasteiger partial charge in [0.25, 0.3) is 0 Å². The summed E-state index contributed by atoms with van der Waals surface area (Å²) in [7, 11) is 4.37. The van der Waals surface area contributed by atoms with Gasteiger partial charge < -0.3 is 16.0 Å². The van der Waals surface area contributed by atoms with Gasteiger partial charge in [-0.05, 0) is 27.4 Å². The van der Waals surface area contributed by atoms with Crippen LogP contribution in [-0.2, 0) is 6.54 Å². The summed E-state index contributed by atoms with van der Waals surface area (Å²) in [5.41, 5.74) is 7.84. The van der Waals surface area contributed by atoms with Crippen molar-refractivity contribution in [3.63, 3.8) is 0 Å². The molecule has 2 heterocycles. The van der Waals surface area contributed by atoms with Crippen LogP contribution in [0.15, 0.2) is 0 Å². The number of nitrogens with zero attached hydrogens (tertiary/aromatic N) is 4. The number of piperazine rings is 1. The molecule has 6 heteroatoms. The molecule has 0 amide bonds. The first-order chi connectivity index (χ1) is 9.52. The van der Waals surface area contributed by atoms with Crippen LogP contribution in [0.2, 0.25) is 0 Å². The van der Waals surface area contributed by atoms with Gasteiger partial charge in [0.15, 0.2) is 0 Å². The lowest BCUT2D eigenvalue weighted by Crippen LogP contribution is -2.52. The molecule has 1 atom stereocenters. The van der Waals surface area contributed by atoms with Crippen molar-refractivity contribution in [1.29, 1.82) is 0 Å². The van der Waals surface area contributed by atoms with Gasteiger partial charge in [0.05, 0.1) is 11.4 Å². The molecule has 1 aromatic heterocycles. The van der Waals surface area contributed by atoms with Gasteiger partial charge in [-0.2, -0.15) is 5.10 Å². The summed E-state index contributed by atoms with van der Waals surface area (Å²) in [4.78, 5) is 4.79. The third-order valence-electron chi connectivity index (χ3n) is 4.09. The molecule has 1 fully saturated rings. The van der Waals surface area contributed by atoms with E-state index in [1.165, 1.54) is 0 Å². The van der Waals surface area contributed by atoms with E-state index < -0.39 is 0 Å². The van der Waals surface area contributed by atoms with Gasteiger partial charge >= 0.3 is 0 Å². The van der Waals surface area contributed by atoms with Crippen LogP contribution in [0.1, 0.15) is 19.0 Å². The van der Waals surface area contributed by atoms with Gasteiger partial charge in [-0.25, -0.2) is 4.68 Å². The molecule has 1 aliphatic rings. The van der Waals surface area contributed by atoms with Gasteiger partial charge in [0, 0.05) is 38.8 Å². The molecule has 0 aliphatic carbocycles. The maximum Gasteiger partial charge on any atom is 0.148 e. The Hall–Kier alpha value is -1.27. The number of aromatic nitrogens is 2. The van der Waals surface area contributed by atoms with E-state index in [1.807, 2.05) is 11.6 Å². The molecule has 1 saturated heterocycles. The van der Waals surface area contributed by atoms with Crippen molar-refractivity contribution in [3.8, 4) is 0 Å². The number of likely N-dealkylation sites (N-methyl/N-ethyl adjacent to an activating group) is 2. The maximum atomic E-state index is 6.14. The Balaban J connectivity index is 2.02. The highest BCUT2D eigenvalue weighted by atomic mass is 15.3. The molecule has 3 N–H and O–H groups in total. The lowest BCUT2D eigenvalue weighted by molar-refractivity contribution is 0.121. The van der Waals surface area contributed by atoms with Crippen LogP contribution in [0, 0.1) is 6.92 Å². The van der Waals surface area contributed by atoms with Crippen molar-refractivity contribution in [1.82, 2.24) is 19.6 Å². The molecule has 1 aliphatic heterocycles. The zero-order valence-corrected chi connectivity index (χ0v) is 13.2. The summed E-state index contributed by atoms with van der Waals surface area (Å²) < 4.78 is 2.00. The van der Waals surface area contributed by atoms with Crippen molar-refractivity contribution in [3.05, 3.63) is 5.69 Å². The molecular weight excluding hydrogens is 252 g/mol. The van der Waals surface area contributed by atoms with Crippen molar-refractivity contribution in [2.24, 2.45) is 0 Å². The molecular formula is C14H28N6. The zero-order chi connectivity index (χ0) is 14.7. The summed E-state index contributed by atoms with van der Waals surface area (Å²) in [5, 5.41) is 8.02. The Bertz CT molecular complexity index is 441.